The number of nitrogens with one attached hydrogen (secondary N) is 1. The zero-order valence-electron chi connectivity index (χ0n) is 10.7. The van der Waals surface area contributed by atoms with E-state index in [1.165, 1.54) is 6.08 Å². The minimum atomic E-state index is -0.288. The second-order valence-electron chi connectivity index (χ2n) is 3.96. The van der Waals surface area contributed by atoms with Crippen LogP contribution in [0.3, 0.4) is 0 Å². The van der Waals surface area contributed by atoms with Crippen LogP contribution >= 0.6 is 0 Å². The van der Waals surface area contributed by atoms with Crippen molar-refractivity contribution in [1.29, 1.82) is 0 Å². The molecule has 0 radical (unpaired) electrons. The highest BCUT2D eigenvalue weighted by molar-refractivity contribution is 5.82. The molecule has 0 bridgehead atoms. The van der Waals surface area contributed by atoms with Crippen LogP contribution in [0.2, 0.25) is 0 Å². The van der Waals surface area contributed by atoms with E-state index in [0.717, 1.165) is 45.1 Å². The summed E-state index contributed by atoms with van der Waals surface area (Å²) in [4.78, 5) is 13.5. The Hall–Kier alpha value is -1.07. The molecule has 1 aliphatic rings. The van der Waals surface area contributed by atoms with E-state index >= 15 is 0 Å². The maximum Gasteiger partial charge on any atom is 0.332 e. The molecule has 0 aromatic heterocycles. The number of rotatable bonds is 6. The molecule has 1 rings (SSSR count). The Balaban J connectivity index is 2.14. The highest BCUT2D eigenvalue weighted by atomic mass is 16.5. The van der Waals surface area contributed by atoms with Gasteiger partial charge in [0.1, 0.15) is 0 Å². The lowest BCUT2D eigenvalue weighted by Gasteiger charge is -2.26. The second kappa shape index (κ2) is 8.08. The predicted octanol–water partition coefficient (Wildman–Crippen LogP) is 0.375. The third kappa shape index (κ3) is 6.28. The van der Waals surface area contributed by atoms with Crippen LogP contribution < -0.4 is 5.32 Å². The Morgan fingerprint density at radius 2 is 2.18 bits per heavy atom. The lowest BCUT2D eigenvalue weighted by atomic mass is 10.4. The lowest BCUT2D eigenvalue weighted by Crippen LogP contribution is -2.40. The Bertz CT molecular complexity index is 260. The maximum absolute atomic E-state index is 11.2. The van der Waals surface area contributed by atoms with Gasteiger partial charge in [0.25, 0.3) is 0 Å². The highest BCUT2D eigenvalue weighted by Crippen LogP contribution is 1.96. The zero-order valence-corrected chi connectivity index (χ0v) is 10.7. The Morgan fingerprint density at radius 1 is 1.47 bits per heavy atom. The smallest absolute Gasteiger partial charge is 0.332 e. The fourth-order valence-corrected chi connectivity index (χ4v) is 1.65. The number of esters is 1. The van der Waals surface area contributed by atoms with E-state index in [4.69, 9.17) is 9.47 Å². The van der Waals surface area contributed by atoms with Gasteiger partial charge in [0, 0.05) is 38.0 Å². The first-order chi connectivity index (χ1) is 8.22. The first kappa shape index (κ1) is 14.0. The van der Waals surface area contributed by atoms with Crippen LogP contribution in [-0.2, 0) is 14.3 Å². The van der Waals surface area contributed by atoms with Crippen molar-refractivity contribution < 1.29 is 14.3 Å². The van der Waals surface area contributed by atoms with Gasteiger partial charge in [-0.2, -0.15) is 0 Å². The minimum Gasteiger partial charge on any atom is -0.463 e. The SMILES string of the molecule is CCOC(=O)/C=C(\C)NCCN1CCOCC1. The zero-order chi connectivity index (χ0) is 12.5. The quantitative estimate of drug-likeness (QED) is 0.539. The topological polar surface area (TPSA) is 50.8 Å². The van der Waals surface area contributed by atoms with Gasteiger partial charge in [-0.25, -0.2) is 4.79 Å². The first-order valence-corrected chi connectivity index (χ1v) is 6.11. The van der Waals surface area contributed by atoms with Crippen LogP contribution in [0.5, 0.6) is 0 Å². The number of hydrogen-bond acceptors (Lipinski definition) is 5. The molecule has 1 N–H and O–H groups in total. The average Bonchev–Trinajstić information content (AvgIpc) is 2.30. The van der Waals surface area contributed by atoms with Gasteiger partial charge in [0.2, 0.25) is 0 Å². The van der Waals surface area contributed by atoms with Crippen LogP contribution in [0.1, 0.15) is 13.8 Å². The summed E-state index contributed by atoms with van der Waals surface area (Å²) in [6.07, 6.45) is 1.49. The number of carbonyl (C=O) groups is 1. The largest absolute Gasteiger partial charge is 0.463 e. The van der Waals surface area contributed by atoms with Gasteiger partial charge in [-0.1, -0.05) is 0 Å². The van der Waals surface area contributed by atoms with Crippen molar-refractivity contribution in [2.75, 3.05) is 46.0 Å². The first-order valence-electron chi connectivity index (χ1n) is 6.11. The van der Waals surface area contributed by atoms with E-state index < -0.39 is 0 Å². The predicted molar refractivity (Wildman–Crippen MR) is 65.7 cm³/mol. The molecule has 0 aromatic rings. The van der Waals surface area contributed by atoms with Crippen molar-refractivity contribution in [1.82, 2.24) is 10.2 Å². The molecule has 5 nitrogen and oxygen atoms in total. The normalized spacial score (nSPS) is 17.9. The molecule has 0 atom stereocenters. The number of ether oxygens (including phenoxy) is 2. The summed E-state index contributed by atoms with van der Waals surface area (Å²) in [6.45, 7) is 9.50. The molecule has 0 aliphatic carbocycles. The third-order valence-corrected chi connectivity index (χ3v) is 2.56. The summed E-state index contributed by atoms with van der Waals surface area (Å²) in [6, 6.07) is 0. The molecular weight excluding hydrogens is 220 g/mol. The molecule has 1 saturated heterocycles. The molecule has 98 valence electrons. The lowest BCUT2D eigenvalue weighted by molar-refractivity contribution is -0.137. The van der Waals surface area contributed by atoms with E-state index in [1.54, 1.807) is 6.92 Å². The van der Waals surface area contributed by atoms with Crippen molar-refractivity contribution in [3.8, 4) is 0 Å². The van der Waals surface area contributed by atoms with E-state index in [9.17, 15) is 4.79 Å². The summed E-state index contributed by atoms with van der Waals surface area (Å²) in [5, 5.41) is 3.20. The minimum absolute atomic E-state index is 0.288. The molecule has 0 saturated carbocycles. The van der Waals surface area contributed by atoms with Gasteiger partial charge in [-0.15, -0.1) is 0 Å². The van der Waals surface area contributed by atoms with Crippen LogP contribution in [0.15, 0.2) is 11.8 Å². The number of allylic oxidation sites excluding steroid dienone is 1. The number of morpholine rings is 1. The summed E-state index contributed by atoms with van der Waals surface area (Å²) in [5.41, 5.74) is 0.844. The maximum atomic E-state index is 11.2. The Kier molecular flexibility index (Phi) is 6.65. The van der Waals surface area contributed by atoms with Crippen LogP contribution in [0.25, 0.3) is 0 Å². The molecule has 5 heteroatoms. The molecule has 0 spiro atoms. The second-order valence-corrected chi connectivity index (χ2v) is 3.96. The number of hydrogen-bond donors (Lipinski definition) is 1. The van der Waals surface area contributed by atoms with E-state index in [-0.39, 0.29) is 5.97 Å². The highest BCUT2D eigenvalue weighted by Gasteiger charge is 2.09. The fourth-order valence-electron chi connectivity index (χ4n) is 1.65. The van der Waals surface area contributed by atoms with E-state index in [0.29, 0.717) is 6.61 Å². The molecule has 0 amide bonds. The van der Waals surface area contributed by atoms with Crippen molar-refractivity contribution >= 4 is 5.97 Å². The average molecular weight is 242 g/mol. The standard InChI is InChI=1S/C12H22N2O3/c1-3-17-12(15)10-11(2)13-4-5-14-6-8-16-9-7-14/h10,13H,3-9H2,1-2H3/b11-10+. The molecular formula is C12H22N2O3. The Labute approximate surface area is 103 Å². The third-order valence-electron chi connectivity index (χ3n) is 2.56. The van der Waals surface area contributed by atoms with Gasteiger partial charge < -0.3 is 14.8 Å². The molecule has 17 heavy (non-hydrogen) atoms. The number of nitrogens with zero attached hydrogens (tertiary/aromatic N) is 1. The number of carbonyl (C=O) groups excluding carboxylic acids is 1. The monoisotopic (exact) mass is 242 g/mol. The van der Waals surface area contributed by atoms with E-state index in [2.05, 4.69) is 10.2 Å². The van der Waals surface area contributed by atoms with Crippen molar-refractivity contribution in [3.63, 3.8) is 0 Å². The Morgan fingerprint density at radius 3 is 2.82 bits per heavy atom. The molecule has 0 aromatic carbocycles. The van der Waals surface area contributed by atoms with Gasteiger partial charge in [0.05, 0.1) is 19.8 Å². The van der Waals surface area contributed by atoms with Crippen molar-refractivity contribution in [2.45, 2.75) is 13.8 Å². The van der Waals surface area contributed by atoms with Crippen LogP contribution in [-0.4, -0.2) is 56.9 Å². The van der Waals surface area contributed by atoms with Gasteiger partial charge in [-0.3, -0.25) is 4.90 Å². The summed E-state index contributed by atoms with van der Waals surface area (Å²) < 4.78 is 10.1. The molecule has 0 unspecified atom stereocenters. The summed E-state index contributed by atoms with van der Waals surface area (Å²) in [5.74, 6) is -0.288. The fraction of sp³-hybridized carbons (Fsp3) is 0.750. The summed E-state index contributed by atoms with van der Waals surface area (Å²) in [7, 11) is 0. The van der Waals surface area contributed by atoms with Gasteiger partial charge >= 0.3 is 5.97 Å². The van der Waals surface area contributed by atoms with E-state index in [1.807, 2.05) is 6.92 Å². The summed E-state index contributed by atoms with van der Waals surface area (Å²) >= 11 is 0. The van der Waals surface area contributed by atoms with Crippen molar-refractivity contribution in [3.05, 3.63) is 11.8 Å². The molecule has 1 fully saturated rings. The van der Waals surface area contributed by atoms with Gasteiger partial charge in [0.15, 0.2) is 0 Å². The molecule has 1 aliphatic heterocycles. The van der Waals surface area contributed by atoms with Crippen molar-refractivity contribution in [2.24, 2.45) is 0 Å². The van der Waals surface area contributed by atoms with Gasteiger partial charge in [-0.05, 0) is 13.8 Å². The van der Waals surface area contributed by atoms with Crippen LogP contribution in [0.4, 0.5) is 0 Å². The molecule has 1 heterocycles. The van der Waals surface area contributed by atoms with Crippen LogP contribution in [0, 0.1) is 0 Å².